The Labute approximate surface area is 83.6 Å². The predicted octanol–water partition coefficient (Wildman–Crippen LogP) is -1.04. The van der Waals surface area contributed by atoms with E-state index in [0.29, 0.717) is 25.7 Å². The van der Waals surface area contributed by atoms with Gasteiger partial charge in [-0.1, -0.05) is 6.42 Å². The molecule has 0 spiro atoms. The van der Waals surface area contributed by atoms with Crippen LogP contribution in [-0.4, -0.2) is 50.6 Å². The molecule has 0 fully saturated rings. The van der Waals surface area contributed by atoms with Crippen LogP contribution >= 0.6 is 0 Å². The molecule has 0 heterocycles. The molecule has 0 aliphatic heterocycles. The fourth-order valence-electron chi connectivity index (χ4n) is 1.21. The minimum Gasteiger partial charge on any atom is -0.394 e. The highest BCUT2D eigenvalue weighted by Gasteiger charge is 2.10. The van der Waals surface area contributed by atoms with Crippen LogP contribution in [0.4, 0.5) is 0 Å². The molecule has 0 rings (SSSR count). The van der Waals surface area contributed by atoms with Gasteiger partial charge in [-0.2, -0.15) is 0 Å². The quantitative estimate of drug-likeness (QED) is 0.259. The third kappa shape index (κ3) is 8.40. The standard InChI is InChI=1S/C9H20O5/c10-6-8(12)5-7(11)3-1-2-4-9(13)14/h7-14H,1-6H2. The minimum absolute atomic E-state index is 0.165. The van der Waals surface area contributed by atoms with Crippen molar-refractivity contribution < 1.29 is 25.5 Å². The van der Waals surface area contributed by atoms with Crippen LogP contribution in [0.2, 0.25) is 0 Å². The molecule has 0 aromatic carbocycles. The summed E-state index contributed by atoms with van der Waals surface area (Å²) in [5.41, 5.74) is 0. The molecule has 0 bridgehead atoms. The van der Waals surface area contributed by atoms with E-state index in [9.17, 15) is 5.11 Å². The molecule has 0 saturated carbocycles. The van der Waals surface area contributed by atoms with Crippen molar-refractivity contribution in [1.29, 1.82) is 0 Å². The molecule has 0 radical (unpaired) electrons. The van der Waals surface area contributed by atoms with Gasteiger partial charge in [0.1, 0.15) is 0 Å². The number of hydrogen-bond donors (Lipinski definition) is 5. The molecular formula is C9H20O5. The Kier molecular flexibility index (Phi) is 8.02. The highest BCUT2D eigenvalue weighted by Crippen LogP contribution is 2.09. The molecule has 0 aliphatic carbocycles. The number of aliphatic hydroxyl groups excluding tert-OH is 4. The van der Waals surface area contributed by atoms with Crippen molar-refractivity contribution in [2.75, 3.05) is 6.61 Å². The normalized spacial score (nSPS) is 15.9. The molecule has 0 saturated heterocycles. The number of rotatable bonds is 8. The first-order valence-corrected chi connectivity index (χ1v) is 4.89. The largest absolute Gasteiger partial charge is 0.394 e. The molecule has 0 amide bonds. The average molecular weight is 208 g/mol. The maximum absolute atomic E-state index is 9.32. The second-order valence-electron chi connectivity index (χ2n) is 3.49. The summed E-state index contributed by atoms with van der Waals surface area (Å²) in [5, 5.41) is 43.8. The van der Waals surface area contributed by atoms with E-state index < -0.39 is 18.5 Å². The van der Waals surface area contributed by atoms with Gasteiger partial charge in [-0.3, -0.25) is 0 Å². The fourth-order valence-corrected chi connectivity index (χ4v) is 1.21. The maximum Gasteiger partial charge on any atom is 0.151 e. The zero-order chi connectivity index (χ0) is 11.0. The van der Waals surface area contributed by atoms with Crippen LogP contribution in [0.25, 0.3) is 0 Å². The van der Waals surface area contributed by atoms with Gasteiger partial charge >= 0.3 is 0 Å². The Morgan fingerprint density at radius 3 is 1.86 bits per heavy atom. The van der Waals surface area contributed by atoms with E-state index in [1.165, 1.54) is 0 Å². The monoisotopic (exact) mass is 208 g/mol. The van der Waals surface area contributed by atoms with Gasteiger partial charge in [0.25, 0.3) is 0 Å². The first-order valence-electron chi connectivity index (χ1n) is 4.89. The summed E-state index contributed by atoms with van der Waals surface area (Å²) in [7, 11) is 0. The van der Waals surface area contributed by atoms with Crippen molar-refractivity contribution in [3.63, 3.8) is 0 Å². The molecule has 2 unspecified atom stereocenters. The zero-order valence-electron chi connectivity index (χ0n) is 8.21. The van der Waals surface area contributed by atoms with E-state index in [2.05, 4.69) is 0 Å². The predicted molar refractivity (Wildman–Crippen MR) is 50.4 cm³/mol. The van der Waals surface area contributed by atoms with Crippen LogP contribution in [0, 0.1) is 0 Å². The Hall–Kier alpha value is -0.200. The molecule has 86 valence electrons. The van der Waals surface area contributed by atoms with Gasteiger partial charge in [0.15, 0.2) is 6.29 Å². The van der Waals surface area contributed by atoms with Gasteiger partial charge in [0.05, 0.1) is 18.8 Å². The second kappa shape index (κ2) is 8.14. The van der Waals surface area contributed by atoms with E-state index in [4.69, 9.17) is 20.4 Å². The van der Waals surface area contributed by atoms with Crippen molar-refractivity contribution in [2.24, 2.45) is 0 Å². The van der Waals surface area contributed by atoms with Crippen molar-refractivity contribution in [1.82, 2.24) is 0 Å². The topological polar surface area (TPSA) is 101 Å². The highest BCUT2D eigenvalue weighted by molar-refractivity contribution is 4.62. The fraction of sp³-hybridized carbons (Fsp3) is 1.00. The van der Waals surface area contributed by atoms with Crippen LogP contribution in [0.1, 0.15) is 32.1 Å². The molecule has 5 heteroatoms. The molecular weight excluding hydrogens is 188 g/mol. The molecule has 14 heavy (non-hydrogen) atoms. The van der Waals surface area contributed by atoms with Crippen LogP contribution in [0.5, 0.6) is 0 Å². The van der Waals surface area contributed by atoms with Crippen molar-refractivity contribution in [3.8, 4) is 0 Å². The van der Waals surface area contributed by atoms with Crippen LogP contribution in [0.3, 0.4) is 0 Å². The molecule has 0 aliphatic rings. The summed E-state index contributed by atoms with van der Waals surface area (Å²) in [6.07, 6.45) is -0.505. The summed E-state index contributed by atoms with van der Waals surface area (Å²) in [6, 6.07) is 0. The molecule has 2 atom stereocenters. The number of unbranched alkanes of at least 4 members (excludes halogenated alkanes) is 1. The lowest BCUT2D eigenvalue weighted by Crippen LogP contribution is -2.20. The van der Waals surface area contributed by atoms with Crippen molar-refractivity contribution >= 4 is 0 Å². The van der Waals surface area contributed by atoms with Crippen LogP contribution < -0.4 is 0 Å². The van der Waals surface area contributed by atoms with E-state index in [1.807, 2.05) is 0 Å². The summed E-state index contributed by atoms with van der Waals surface area (Å²) in [5.74, 6) is 0. The molecule has 5 N–H and O–H groups in total. The lowest BCUT2D eigenvalue weighted by atomic mass is 10.1. The van der Waals surface area contributed by atoms with Gasteiger partial charge in [-0.15, -0.1) is 0 Å². The van der Waals surface area contributed by atoms with E-state index in [0.717, 1.165) is 0 Å². The van der Waals surface area contributed by atoms with Crippen LogP contribution in [-0.2, 0) is 0 Å². The Bertz CT molecular complexity index is 128. The minimum atomic E-state index is -1.28. The summed E-state index contributed by atoms with van der Waals surface area (Å²) < 4.78 is 0. The first-order chi connectivity index (χ1) is 6.56. The van der Waals surface area contributed by atoms with Gasteiger partial charge in [0.2, 0.25) is 0 Å². The van der Waals surface area contributed by atoms with Crippen molar-refractivity contribution in [2.45, 2.75) is 50.6 Å². The smallest absolute Gasteiger partial charge is 0.151 e. The summed E-state index contributed by atoms with van der Waals surface area (Å²) in [6.45, 7) is -0.341. The lowest BCUT2D eigenvalue weighted by Gasteiger charge is -2.13. The Balaban J connectivity index is 3.30. The highest BCUT2D eigenvalue weighted by atomic mass is 16.5. The third-order valence-corrected chi connectivity index (χ3v) is 2.00. The Morgan fingerprint density at radius 1 is 0.786 bits per heavy atom. The lowest BCUT2D eigenvalue weighted by molar-refractivity contribution is -0.0472. The van der Waals surface area contributed by atoms with Crippen molar-refractivity contribution in [3.05, 3.63) is 0 Å². The van der Waals surface area contributed by atoms with Gasteiger partial charge < -0.3 is 25.5 Å². The summed E-state index contributed by atoms with van der Waals surface area (Å²) >= 11 is 0. The first kappa shape index (κ1) is 13.8. The van der Waals surface area contributed by atoms with E-state index in [1.54, 1.807) is 0 Å². The SMILES string of the molecule is OCC(O)CC(O)CCCCC(O)O. The Morgan fingerprint density at radius 2 is 1.36 bits per heavy atom. The average Bonchev–Trinajstić information content (AvgIpc) is 2.12. The van der Waals surface area contributed by atoms with Gasteiger partial charge in [-0.25, -0.2) is 0 Å². The number of aliphatic hydroxyl groups is 5. The van der Waals surface area contributed by atoms with E-state index in [-0.39, 0.29) is 13.0 Å². The summed E-state index contributed by atoms with van der Waals surface area (Å²) in [4.78, 5) is 0. The zero-order valence-corrected chi connectivity index (χ0v) is 8.21. The number of hydrogen-bond acceptors (Lipinski definition) is 5. The van der Waals surface area contributed by atoms with Gasteiger partial charge in [-0.05, 0) is 19.3 Å². The second-order valence-corrected chi connectivity index (χ2v) is 3.49. The molecule has 0 aromatic rings. The van der Waals surface area contributed by atoms with Gasteiger partial charge in [0, 0.05) is 6.42 Å². The van der Waals surface area contributed by atoms with E-state index >= 15 is 0 Å². The molecule has 5 nitrogen and oxygen atoms in total. The van der Waals surface area contributed by atoms with Crippen LogP contribution in [0.15, 0.2) is 0 Å². The third-order valence-electron chi connectivity index (χ3n) is 2.00. The maximum atomic E-state index is 9.32. The molecule has 0 aromatic heterocycles.